The summed E-state index contributed by atoms with van der Waals surface area (Å²) in [5, 5.41) is 0. The summed E-state index contributed by atoms with van der Waals surface area (Å²) in [4.78, 5) is 2.53. The Bertz CT molecular complexity index is 184. The van der Waals surface area contributed by atoms with Crippen molar-refractivity contribution in [3.63, 3.8) is 0 Å². The summed E-state index contributed by atoms with van der Waals surface area (Å²) in [5.74, 6) is 0. The quantitative estimate of drug-likeness (QED) is 0.618. The van der Waals surface area contributed by atoms with Crippen LogP contribution in [0, 0.1) is 0 Å². The lowest BCUT2D eigenvalue weighted by Crippen LogP contribution is -2.39. The van der Waals surface area contributed by atoms with Crippen LogP contribution in [0.15, 0.2) is 0 Å². The Kier molecular flexibility index (Phi) is 2.58. The average Bonchev–Trinajstić information content (AvgIpc) is 2.72. The van der Waals surface area contributed by atoms with E-state index in [0.29, 0.717) is 18.2 Å². The molecule has 0 aromatic carbocycles. The third kappa shape index (κ3) is 1.73. The molecule has 0 aliphatic carbocycles. The molecule has 2 heterocycles. The zero-order valence-corrected chi connectivity index (χ0v) is 8.69. The fourth-order valence-corrected chi connectivity index (χ4v) is 2.38. The highest BCUT2D eigenvalue weighted by atomic mass is 16.8. The minimum atomic E-state index is 0.0735. The van der Waals surface area contributed by atoms with Crippen LogP contribution < -0.4 is 0 Å². The van der Waals surface area contributed by atoms with Crippen molar-refractivity contribution in [1.29, 1.82) is 0 Å². The van der Waals surface area contributed by atoms with E-state index in [4.69, 9.17) is 9.47 Å². The van der Waals surface area contributed by atoms with Gasteiger partial charge in [0.05, 0.1) is 0 Å². The highest BCUT2D eigenvalue weighted by Crippen LogP contribution is 2.35. The summed E-state index contributed by atoms with van der Waals surface area (Å²) in [6.45, 7) is 5.73. The second kappa shape index (κ2) is 3.56. The predicted molar refractivity (Wildman–Crippen MR) is 50.5 cm³/mol. The molecule has 0 amide bonds. The number of nitrogens with zero attached hydrogens (tertiary/aromatic N) is 1. The molecule has 2 aliphatic rings. The topological polar surface area (TPSA) is 25.0 Å². The van der Waals surface area contributed by atoms with E-state index in [2.05, 4.69) is 18.7 Å². The number of rotatable bonds is 3. The molecular formula is C10H19NO2. The Morgan fingerprint density at radius 3 is 2.77 bits per heavy atom. The number of methoxy groups -OCH3 is 1. The Labute approximate surface area is 80.0 Å². The summed E-state index contributed by atoms with van der Waals surface area (Å²) in [6, 6.07) is 1.24. The molecule has 2 rings (SSSR count). The third-order valence-corrected chi connectivity index (χ3v) is 3.10. The molecule has 3 atom stereocenters. The molecule has 2 saturated heterocycles. The van der Waals surface area contributed by atoms with Gasteiger partial charge in [0.15, 0.2) is 6.29 Å². The van der Waals surface area contributed by atoms with Crippen LogP contribution in [0.5, 0.6) is 0 Å². The van der Waals surface area contributed by atoms with Gasteiger partial charge in [0.1, 0.15) is 6.10 Å². The molecule has 0 aromatic heterocycles. The minimum Gasteiger partial charge on any atom is -0.353 e. The molecule has 2 aliphatic heterocycles. The lowest BCUT2D eigenvalue weighted by Gasteiger charge is -2.26. The number of hydrogen-bond acceptors (Lipinski definition) is 3. The van der Waals surface area contributed by atoms with E-state index in [9.17, 15) is 0 Å². The van der Waals surface area contributed by atoms with E-state index in [1.165, 1.54) is 19.4 Å². The molecule has 0 bridgehead atoms. The SMILES string of the molecule is COC1OC1C1CCCN1C(C)C. The Balaban J connectivity index is 1.91. The molecule has 2 fully saturated rings. The lowest BCUT2D eigenvalue weighted by atomic mass is 10.1. The number of likely N-dealkylation sites (tertiary alicyclic amines) is 1. The number of ether oxygens (including phenoxy) is 2. The van der Waals surface area contributed by atoms with Crippen LogP contribution in [-0.4, -0.2) is 43.0 Å². The molecule has 76 valence electrons. The maximum absolute atomic E-state index is 5.47. The largest absolute Gasteiger partial charge is 0.353 e. The van der Waals surface area contributed by atoms with Gasteiger partial charge in [-0.05, 0) is 33.2 Å². The first-order chi connectivity index (χ1) is 6.24. The van der Waals surface area contributed by atoms with Crippen LogP contribution in [0.25, 0.3) is 0 Å². The van der Waals surface area contributed by atoms with Gasteiger partial charge in [0.2, 0.25) is 0 Å². The van der Waals surface area contributed by atoms with Crippen molar-refractivity contribution in [2.45, 2.75) is 51.2 Å². The molecule has 0 aromatic rings. The molecule has 13 heavy (non-hydrogen) atoms. The zero-order chi connectivity index (χ0) is 9.42. The van der Waals surface area contributed by atoms with Crippen molar-refractivity contribution < 1.29 is 9.47 Å². The van der Waals surface area contributed by atoms with E-state index in [-0.39, 0.29) is 6.29 Å². The van der Waals surface area contributed by atoms with Crippen molar-refractivity contribution in [1.82, 2.24) is 4.90 Å². The maximum atomic E-state index is 5.47. The summed E-state index contributed by atoms with van der Waals surface area (Å²) in [7, 11) is 1.72. The highest BCUT2D eigenvalue weighted by molar-refractivity contribution is 4.95. The van der Waals surface area contributed by atoms with Gasteiger partial charge in [0.25, 0.3) is 0 Å². The predicted octanol–water partition coefficient (Wildman–Crippen LogP) is 1.23. The number of epoxide rings is 1. The summed E-state index contributed by atoms with van der Waals surface area (Å²) >= 11 is 0. The Morgan fingerprint density at radius 2 is 2.23 bits per heavy atom. The number of hydrogen-bond donors (Lipinski definition) is 0. The van der Waals surface area contributed by atoms with Gasteiger partial charge < -0.3 is 9.47 Å². The van der Waals surface area contributed by atoms with Gasteiger partial charge in [0, 0.05) is 19.2 Å². The molecule has 0 spiro atoms. The van der Waals surface area contributed by atoms with Crippen LogP contribution in [0.3, 0.4) is 0 Å². The molecule has 3 heteroatoms. The standard InChI is InChI=1S/C10H19NO2/c1-7(2)11-6-4-5-8(11)9-10(12-3)13-9/h7-10H,4-6H2,1-3H3. The van der Waals surface area contributed by atoms with Gasteiger partial charge in [-0.1, -0.05) is 0 Å². The van der Waals surface area contributed by atoms with E-state index in [1.807, 2.05) is 0 Å². The zero-order valence-electron chi connectivity index (χ0n) is 8.69. The van der Waals surface area contributed by atoms with E-state index >= 15 is 0 Å². The van der Waals surface area contributed by atoms with Crippen molar-refractivity contribution in [3.8, 4) is 0 Å². The van der Waals surface area contributed by atoms with Crippen LogP contribution in [0.2, 0.25) is 0 Å². The van der Waals surface area contributed by atoms with Crippen LogP contribution >= 0.6 is 0 Å². The monoisotopic (exact) mass is 185 g/mol. The Morgan fingerprint density at radius 1 is 1.46 bits per heavy atom. The fourth-order valence-electron chi connectivity index (χ4n) is 2.38. The molecule has 3 nitrogen and oxygen atoms in total. The summed E-state index contributed by atoms with van der Waals surface area (Å²) < 4.78 is 10.6. The average molecular weight is 185 g/mol. The Hall–Kier alpha value is -0.120. The molecule has 3 unspecified atom stereocenters. The van der Waals surface area contributed by atoms with Crippen LogP contribution in [-0.2, 0) is 9.47 Å². The summed E-state index contributed by atoms with van der Waals surface area (Å²) in [6.07, 6.45) is 2.99. The van der Waals surface area contributed by atoms with Gasteiger partial charge >= 0.3 is 0 Å². The normalized spacial score (nSPS) is 40.2. The lowest BCUT2D eigenvalue weighted by molar-refractivity contribution is 0.0950. The van der Waals surface area contributed by atoms with Gasteiger partial charge in [-0.2, -0.15) is 0 Å². The van der Waals surface area contributed by atoms with Gasteiger partial charge in [-0.3, -0.25) is 4.90 Å². The van der Waals surface area contributed by atoms with Crippen molar-refractivity contribution in [3.05, 3.63) is 0 Å². The van der Waals surface area contributed by atoms with Gasteiger partial charge in [-0.15, -0.1) is 0 Å². The van der Waals surface area contributed by atoms with Crippen LogP contribution in [0.1, 0.15) is 26.7 Å². The molecular weight excluding hydrogens is 166 g/mol. The molecule has 0 saturated carbocycles. The first-order valence-corrected chi connectivity index (χ1v) is 5.18. The van der Waals surface area contributed by atoms with E-state index in [1.54, 1.807) is 7.11 Å². The minimum absolute atomic E-state index is 0.0735. The molecule has 0 radical (unpaired) electrons. The fraction of sp³-hybridized carbons (Fsp3) is 1.00. The second-order valence-electron chi connectivity index (χ2n) is 4.25. The van der Waals surface area contributed by atoms with E-state index in [0.717, 1.165) is 0 Å². The smallest absolute Gasteiger partial charge is 0.185 e. The van der Waals surface area contributed by atoms with Gasteiger partial charge in [-0.25, -0.2) is 0 Å². The maximum Gasteiger partial charge on any atom is 0.185 e. The third-order valence-electron chi connectivity index (χ3n) is 3.10. The first kappa shape index (κ1) is 9.44. The van der Waals surface area contributed by atoms with Crippen molar-refractivity contribution in [2.75, 3.05) is 13.7 Å². The highest BCUT2D eigenvalue weighted by Gasteiger charge is 2.49. The van der Waals surface area contributed by atoms with Crippen LogP contribution in [0.4, 0.5) is 0 Å². The molecule has 0 N–H and O–H groups in total. The second-order valence-corrected chi connectivity index (χ2v) is 4.25. The van der Waals surface area contributed by atoms with Crippen molar-refractivity contribution in [2.24, 2.45) is 0 Å². The van der Waals surface area contributed by atoms with Crippen molar-refractivity contribution >= 4 is 0 Å². The summed E-state index contributed by atoms with van der Waals surface area (Å²) in [5.41, 5.74) is 0. The first-order valence-electron chi connectivity index (χ1n) is 5.18. The van der Waals surface area contributed by atoms with E-state index < -0.39 is 0 Å².